The van der Waals surface area contributed by atoms with Gasteiger partial charge in [-0.25, -0.2) is 0 Å². The van der Waals surface area contributed by atoms with Crippen LogP contribution in [0.2, 0.25) is 0 Å². The molecule has 1 aliphatic heterocycles. The van der Waals surface area contributed by atoms with E-state index in [2.05, 4.69) is 11.4 Å². The molecule has 2 amide bonds. The highest BCUT2D eigenvalue weighted by Crippen LogP contribution is 2.24. The van der Waals surface area contributed by atoms with E-state index in [0.717, 1.165) is 12.0 Å². The summed E-state index contributed by atoms with van der Waals surface area (Å²) in [6, 6.07) is 7.19. The minimum atomic E-state index is -0.562. The van der Waals surface area contributed by atoms with Gasteiger partial charge in [-0.3, -0.25) is 9.59 Å². The lowest BCUT2D eigenvalue weighted by molar-refractivity contribution is -0.134. The highest BCUT2D eigenvalue weighted by molar-refractivity contribution is 7.10. The summed E-state index contributed by atoms with van der Waals surface area (Å²) in [5.74, 6) is -0.286. The largest absolute Gasteiger partial charge is 0.483 e. The zero-order valence-electron chi connectivity index (χ0n) is 12.9. The molecule has 3 rings (SSSR count). The Labute approximate surface area is 138 Å². The quantitative estimate of drug-likeness (QED) is 0.933. The summed E-state index contributed by atoms with van der Waals surface area (Å²) in [5.41, 5.74) is 7.79. The van der Waals surface area contributed by atoms with E-state index in [4.69, 9.17) is 10.5 Å². The second-order valence-corrected chi connectivity index (χ2v) is 6.59. The fourth-order valence-electron chi connectivity index (χ4n) is 2.64. The van der Waals surface area contributed by atoms with Gasteiger partial charge in [-0.1, -0.05) is 6.07 Å². The Morgan fingerprint density at radius 1 is 1.35 bits per heavy atom. The first-order valence-corrected chi connectivity index (χ1v) is 8.29. The first-order chi connectivity index (χ1) is 11.0. The van der Waals surface area contributed by atoms with Gasteiger partial charge in [0.2, 0.25) is 0 Å². The summed E-state index contributed by atoms with van der Waals surface area (Å²) < 4.78 is 5.57. The normalized spacial score (nSPS) is 13.5. The van der Waals surface area contributed by atoms with E-state index >= 15 is 0 Å². The third-order valence-electron chi connectivity index (χ3n) is 3.91. The van der Waals surface area contributed by atoms with Crippen molar-refractivity contribution in [1.29, 1.82) is 0 Å². The van der Waals surface area contributed by atoms with E-state index in [1.165, 1.54) is 10.4 Å². The van der Waals surface area contributed by atoms with E-state index in [1.54, 1.807) is 34.4 Å². The number of rotatable bonds is 4. The monoisotopic (exact) mass is 330 g/mol. The van der Waals surface area contributed by atoms with Gasteiger partial charge in [-0.15, -0.1) is 11.3 Å². The number of fused-ring (bicyclic) bond motifs is 1. The van der Waals surface area contributed by atoms with E-state index in [-0.39, 0.29) is 12.5 Å². The summed E-state index contributed by atoms with van der Waals surface area (Å²) >= 11 is 1.74. The summed E-state index contributed by atoms with van der Waals surface area (Å²) in [4.78, 5) is 26.9. The maximum atomic E-state index is 12.4. The van der Waals surface area contributed by atoms with Crippen LogP contribution >= 0.6 is 11.3 Å². The molecule has 1 aliphatic rings. The second kappa shape index (κ2) is 6.42. The predicted molar refractivity (Wildman–Crippen MR) is 88.6 cm³/mol. The first kappa shape index (κ1) is 15.6. The van der Waals surface area contributed by atoms with Gasteiger partial charge in [0.05, 0.1) is 5.56 Å². The maximum absolute atomic E-state index is 12.4. The molecule has 2 N–H and O–H groups in total. The van der Waals surface area contributed by atoms with Crippen LogP contribution in [-0.2, 0) is 17.8 Å². The highest BCUT2D eigenvalue weighted by atomic mass is 32.1. The molecule has 0 bridgehead atoms. The number of hydrogen-bond acceptors (Lipinski definition) is 4. The van der Waals surface area contributed by atoms with E-state index < -0.39 is 5.91 Å². The molecule has 0 atom stereocenters. The first-order valence-electron chi connectivity index (χ1n) is 7.41. The molecule has 6 heteroatoms. The summed E-state index contributed by atoms with van der Waals surface area (Å²) in [6.07, 6.45) is 0.885. The molecular weight excluding hydrogens is 312 g/mol. The van der Waals surface area contributed by atoms with E-state index in [9.17, 15) is 9.59 Å². The minimum absolute atomic E-state index is 0.0845. The predicted octanol–water partition coefficient (Wildman–Crippen LogP) is 2.12. The number of primary amides is 1. The number of nitrogens with zero attached hydrogens (tertiary/aromatic N) is 1. The van der Waals surface area contributed by atoms with Crippen LogP contribution in [0.25, 0.3) is 0 Å². The Morgan fingerprint density at radius 3 is 2.96 bits per heavy atom. The molecule has 5 nitrogen and oxygen atoms in total. The Morgan fingerprint density at radius 2 is 2.17 bits per heavy atom. The molecule has 2 aromatic rings. The summed E-state index contributed by atoms with van der Waals surface area (Å²) in [5, 5.41) is 2.06. The number of nitrogens with two attached hydrogens (primary N) is 1. The zero-order valence-corrected chi connectivity index (χ0v) is 13.7. The maximum Gasteiger partial charge on any atom is 0.260 e. The van der Waals surface area contributed by atoms with Gasteiger partial charge in [0.1, 0.15) is 5.75 Å². The Kier molecular flexibility index (Phi) is 4.34. The molecule has 120 valence electrons. The van der Waals surface area contributed by atoms with Crippen molar-refractivity contribution in [1.82, 2.24) is 4.90 Å². The van der Waals surface area contributed by atoms with Crippen LogP contribution in [0, 0.1) is 6.92 Å². The lowest BCUT2D eigenvalue weighted by atomic mass is 10.1. The molecular formula is C17H18N2O3S. The van der Waals surface area contributed by atoms with Gasteiger partial charge in [-0.05, 0) is 48.1 Å². The van der Waals surface area contributed by atoms with Crippen molar-refractivity contribution in [3.05, 3.63) is 51.2 Å². The number of benzene rings is 1. The van der Waals surface area contributed by atoms with Crippen molar-refractivity contribution in [2.75, 3.05) is 13.2 Å². The molecule has 1 aromatic heterocycles. The van der Waals surface area contributed by atoms with Crippen molar-refractivity contribution < 1.29 is 14.3 Å². The van der Waals surface area contributed by atoms with Crippen LogP contribution in [0.5, 0.6) is 5.75 Å². The standard InChI is InChI=1S/C17H18N2O3S/c1-11-2-3-13(17(18)21)14(8-11)22-10-16(20)19-6-4-15-12(9-19)5-7-23-15/h2-3,5,7-8H,4,6,9-10H2,1H3,(H2,18,21). The lowest BCUT2D eigenvalue weighted by Gasteiger charge is -2.27. The molecule has 0 aliphatic carbocycles. The molecule has 0 spiro atoms. The molecule has 0 unspecified atom stereocenters. The van der Waals surface area contributed by atoms with Crippen molar-refractivity contribution in [3.8, 4) is 5.75 Å². The Balaban J connectivity index is 1.66. The fourth-order valence-corrected chi connectivity index (χ4v) is 3.53. The number of hydrogen-bond donors (Lipinski definition) is 1. The van der Waals surface area contributed by atoms with Gasteiger partial charge in [-0.2, -0.15) is 0 Å². The minimum Gasteiger partial charge on any atom is -0.483 e. The molecule has 0 fully saturated rings. The molecule has 1 aromatic carbocycles. The molecule has 2 heterocycles. The van der Waals surface area contributed by atoms with Crippen molar-refractivity contribution in [2.45, 2.75) is 19.9 Å². The number of carbonyl (C=O) groups excluding carboxylic acids is 2. The van der Waals surface area contributed by atoms with E-state index in [1.807, 2.05) is 6.92 Å². The summed E-state index contributed by atoms with van der Waals surface area (Å²) in [6.45, 7) is 3.12. The number of aryl methyl sites for hydroxylation is 1. The van der Waals surface area contributed by atoms with Crippen LogP contribution in [-0.4, -0.2) is 29.9 Å². The zero-order chi connectivity index (χ0) is 16.4. The SMILES string of the molecule is Cc1ccc(C(N)=O)c(OCC(=O)N2CCc3sccc3C2)c1. The van der Waals surface area contributed by atoms with Gasteiger partial charge < -0.3 is 15.4 Å². The van der Waals surface area contributed by atoms with Crippen LogP contribution in [0.1, 0.15) is 26.4 Å². The van der Waals surface area contributed by atoms with Crippen molar-refractivity contribution in [3.63, 3.8) is 0 Å². The number of ether oxygens (including phenoxy) is 1. The van der Waals surface area contributed by atoms with Gasteiger partial charge >= 0.3 is 0 Å². The average molecular weight is 330 g/mol. The third-order valence-corrected chi connectivity index (χ3v) is 4.94. The topological polar surface area (TPSA) is 72.6 Å². The van der Waals surface area contributed by atoms with Crippen LogP contribution in [0.3, 0.4) is 0 Å². The van der Waals surface area contributed by atoms with Crippen LogP contribution in [0.15, 0.2) is 29.6 Å². The number of thiophene rings is 1. The fraction of sp³-hybridized carbons (Fsp3) is 0.294. The van der Waals surface area contributed by atoms with Crippen molar-refractivity contribution in [2.24, 2.45) is 5.73 Å². The number of amides is 2. The average Bonchev–Trinajstić information content (AvgIpc) is 2.99. The van der Waals surface area contributed by atoms with Gasteiger partial charge in [0.25, 0.3) is 11.8 Å². The summed E-state index contributed by atoms with van der Waals surface area (Å²) in [7, 11) is 0. The van der Waals surface area contributed by atoms with Gasteiger partial charge in [0.15, 0.2) is 6.61 Å². The third kappa shape index (κ3) is 3.37. The lowest BCUT2D eigenvalue weighted by Crippen LogP contribution is -2.38. The molecule has 0 radical (unpaired) electrons. The smallest absolute Gasteiger partial charge is 0.260 e. The Bertz CT molecular complexity index is 754. The molecule has 23 heavy (non-hydrogen) atoms. The van der Waals surface area contributed by atoms with Crippen LogP contribution in [0.4, 0.5) is 0 Å². The highest BCUT2D eigenvalue weighted by Gasteiger charge is 2.22. The molecule has 0 saturated carbocycles. The van der Waals surface area contributed by atoms with Crippen molar-refractivity contribution >= 4 is 23.2 Å². The number of carbonyl (C=O) groups is 2. The Hall–Kier alpha value is -2.34. The van der Waals surface area contributed by atoms with Gasteiger partial charge in [0, 0.05) is 18.0 Å². The van der Waals surface area contributed by atoms with E-state index in [0.29, 0.717) is 24.4 Å². The molecule has 0 saturated heterocycles. The second-order valence-electron chi connectivity index (χ2n) is 5.59. The van der Waals surface area contributed by atoms with Crippen LogP contribution < -0.4 is 10.5 Å².